The molecule has 7 nitrogen and oxygen atoms in total. The number of aliphatic imine (C=N–C) groups is 1. The van der Waals surface area contributed by atoms with Gasteiger partial charge < -0.3 is 15.1 Å². The molecule has 1 saturated heterocycles. The predicted molar refractivity (Wildman–Crippen MR) is 127 cm³/mol. The first-order chi connectivity index (χ1) is 14.9. The third-order valence-corrected chi connectivity index (χ3v) is 7.17. The molecule has 31 heavy (non-hydrogen) atoms. The first kappa shape index (κ1) is 23.1. The van der Waals surface area contributed by atoms with Crippen molar-refractivity contribution < 1.29 is 8.42 Å². The molecular weight excluding hydrogens is 410 g/mol. The summed E-state index contributed by atoms with van der Waals surface area (Å²) in [6.07, 6.45) is 0. The lowest BCUT2D eigenvalue weighted by Gasteiger charge is -2.38. The third-order valence-electron chi connectivity index (χ3n) is 5.74. The summed E-state index contributed by atoms with van der Waals surface area (Å²) in [5, 5.41) is 3.39. The summed E-state index contributed by atoms with van der Waals surface area (Å²) in [5.74, 6) is 0.898. The van der Waals surface area contributed by atoms with Crippen molar-refractivity contribution in [2.45, 2.75) is 32.2 Å². The Bertz CT molecular complexity index is 1010. The van der Waals surface area contributed by atoms with E-state index in [1.165, 1.54) is 23.9 Å². The summed E-state index contributed by atoms with van der Waals surface area (Å²) in [4.78, 5) is 9.80. The zero-order chi connectivity index (χ0) is 22.4. The van der Waals surface area contributed by atoms with Crippen LogP contribution in [0, 0.1) is 13.8 Å². The average Bonchev–Trinajstić information content (AvgIpc) is 2.79. The van der Waals surface area contributed by atoms with Gasteiger partial charge in [0.1, 0.15) is 0 Å². The Kier molecular flexibility index (Phi) is 7.56. The molecule has 3 rings (SSSR count). The van der Waals surface area contributed by atoms with Crippen molar-refractivity contribution in [1.82, 2.24) is 14.9 Å². The molecule has 2 N–H and O–H groups in total. The third kappa shape index (κ3) is 5.57. The normalized spacial score (nSPS) is 15.3. The van der Waals surface area contributed by atoms with Crippen molar-refractivity contribution in [2.75, 3.05) is 44.7 Å². The number of piperazine rings is 1. The quantitative estimate of drug-likeness (QED) is 0.530. The van der Waals surface area contributed by atoms with Gasteiger partial charge in [-0.1, -0.05) is 24.3 Å². The largest absolute Gasteiger partial charge is 0.368 e. The van der Waals surface area contributed by atoms with Crippen molar-refractivity contribution in [3.8, 4) is 0 Å². The summed E-state index contributed by atoms with van der Waals surface area (Å²) in [5.41, 5.74) is 4.96. The maximum Gasteiger partial charge on any atom is 0.240 e. The molecule has 168 valence electrons. The number of rotatable bonds is 6. The van der Waals surface area contributed by atoms with E-state index in [0.29, 0.717) is 6.54 Å². The van der Waals surface area contributed by atoms with Gasteiger partial charge in [0.15, 0.2) is 5.96 Å². The number of hydrogen-bond acceptors (Lipinski definition) is 4. The highest BCUT2D eigenvalue weighted by atomic mass is 32.2. The molecule has 1 aliphatic heterocycles. The van der Waals surface area contributed by atoms with Crippen molar-refractivity contribution in [3.05, 3.63) is 59.2 Å². The summed E-state index contributed by atoms with van der Waals surface area (Å²) >= 11 is 0. The second-order valence-corrected chi connectivity index (χ2v) is 9.60. The van der Waals surface area contributed by atoms with Gasteiger partial charge in [0.2, 0.25) is 10.0 Å². The Hall–Kier alpha value is -2.58. The van der Waals surface area contributed by atoms with Crippen molar-refractivity contribution in [2.24, 2.45) is 4.99 Å². The SMILES string of the molecule is CCNC(=NCc1ccc(S(=O)(=O)NC)cc1)N1CCN(c2cccc(C)c2C)CC1. The van der Waals surface area contributed by atoms with E-state index in [1.54, 1.807) is 12.1 Å². The predicted octanol–water partition coefficient (Wildman–Crippen LogP) is 2.50. The molecule has 0 aromatic heterocycles. The molecule has 0 atom stereocenters. The van der Waals surface area contributed by atoms with Gasteiger partial charge in [-0.25, -0.2) is 18.1 Å². The summed E-state index contributed by atoms with van der Waals surface area (Å²) in [6.45, 7) is 11.4. The minimum atomic E-state index is -3.42. The highest BCUT2D eigenvalue weighted by molar-refractivity contribution is 7.89. The van der Waals surface area contributed by atoms with Crippen molar-refractivity contribution >= 4 is 21.7 Å². The van der Waals surface area contributed by atoms with Gasteiger partial charge in [-0.15, -0.1) is 0 Å². The summed E-state index contributed by atoms with van der Waals surface area (Å²) < 4.78 is 26.1. The molecule has 0 aliphatic carbocycles. The second kappa shape index (κ2) is 10.2. The smallest absolute Gasteiger partial charge is 0.240 e. The maximum absolute atomic E-state index is 11.9. The Morgan fingerprint density at radius 1 is 1.03 bits per heavy atom. The van der Waals surface area contributed by atoms with Crippen LogP contribution in [0.2, 0.25) is 0 Å². The maximum atomic E-state index is 11.9. The molecule has 0 radical (unpaired) electrons. The molecule has 2 aromatic carbocycles. The number of nitrogens with zero attached hydrogens (tertiary/aromatic N) is 3. The van der Waals surface area contributed by atoms with E-state index in [-0.39, 0.29) is 4.90 Å². The van der Waals surface area contributed by atoms with Crippen LogP contribution in [0.5, 0.6) is 0 Å². The fourth-order valence-corrected chi connectivity index (χ4v) is 4.45. The fraction of sp³-hybridized carbons (Fsp3) is 0.435. The average molecular weight is 444 g/mol. The lowest BCUT2D eigenvalue weighted by Crippen LogP contribution is -2.52. The second-order valence-electron chi connectivity index (χ2n) is 7.71. The molecule has 8 heteroatoms. The van der Waals surface area contributed by atoms with Crippen molar-refractivity contribution in [1.29, 1.82) is 0 Å². The van der Waals surface area contributed by atoms with E-state index in [1.807, 2.05) is 12.1 Å². The van der Waals surface area contributed by atoms with Crippen LogP contribution in [0.25, 0.3) is 0 Å². The van der Waals surface area contributed by atoms with E-state index < -0.39 is 10.0 Å². The molecule has 1 heterocycles. The number of nitrogens with one attached hydrogen (secondary N) is 2. The molecular formula is C23H33N5O2S. The van der Waals surface area contributed by atoms with Crippen LogP contribution in [0.4, 0.5) is 5.69 Å². The number of guanidine groups is 1. The Balaban J connectivity index is 1.66. The van der Waals surface area contributed by atoms with E-state index >= 15 is 0 Å². The zero-order valence-electron chi connectivity index (χ0n) is 18.9. The van der Waals surface area contributed by atoms with Crippen LogP contribution in [0.3, 0.4) is 0 Å². The molecule has 2 aromatic rings. The number of anilines is 1. The lowest BCUT2D eigenvalue weighted by molar-refractivity contribution is 0.372. The molecule has 0 spiro atoms. The van der Waals surface area contributed by atoms with Gasteiger partial charge in [-0.05, 0) is 62.7 Å². The van der Waals surface area contributed by atoms with Crippen molar-refractivity contribution in [3.63, 3.8) is 0 Å². The van der Waals surface area contributed by atoms with E-state index in [0.717, 1.165) is 44.2 Å². The Morgan fingerprint density at radius 2 is 1.71 bits per heavy atom. The first-order valence-electron chi connectivity index (χ1n) is 10.7. The van der Waals surface area contributed by atoms with Crippen LogP contribution in [0.1, 0.15) is 23.6 Å². The van der Waals surface area contributed by atoms with Gasteiger partial charge in [0, 0.05) is 38.4 Å². The number of benzene rings is 2. The zero-order valence-corrected chi connectivity index (χ0v) is 19.7. The molecule has 0 unspecified atom stereocenters. The van der Waals surface area contributed by atoms with Gasteiger partial charge in [-0.3, -0.25) is 0 Å². The minimum Gasteiger partial charge on any atom is -0.368 e. The number of aryl methyl sites for hydroxylation is 1. The highest BCUT2D eigenvalue weighted by Gasteiger charge is 2.21. The van der Waals surface area contributed by atoms with Gasteiger partial charge in [0.05, 0.1) is 11.4 Å². The topological polar surface area (TPSA) is 77.0 Å². The Labute approximate surface area is 186 Å². The lowest BCUT2D eigenvalue weighted by atomic mass is 10.1. The molecule has 0 bridgehead atoms. The first-order valence-corrected chi connectivity index (χ1v) is 12.2. The summed E-state index contributed by atoms with van der Waals surface area (Å²) in [7, 11) is -2.00. The molecule has 0 saturated carbocycles. The van der Waals surface area contributed by atoms with E-state index in [9.17, 15) is 8.42 Å². The molecule has 1 aliphatic rings. The van der Waals surface area contributed by atoms with E-state index in [4.69, 9.17) is 4.99 Å². The highest BCUT2D eigenvalue weighted by Crippen LogP contribution is 2.24. The summed E-state index contributed by atoms with van der Waals surface area (Å²) in [6, 6.07) is 13.4. The van der Waals surface area contributed by atoms with Crippen LogP contribution in [-0.2, 0) is 16.6 Å². The van der Waals surface area contributed by atoms with Gasteiger partial charge >= 0.3 is 0 Å². The number of hydrogen-bond donors (Lipinski definition) is 2. The Morgan fingerprint density at radius 3 is 2.32 bits per heavy atom. The van der Waals surface area contributed by atoms with Gasteiger partial charge in [0.25, 0.3) is 0 Å². The fourth-order valence-electron chi connectivity index (χ4n) is 3.72. The van der Waals surface area contributed by atoms with Crippen LogP contribution in [-0.4, -0.2) is 59.0 Å². The monoisotopic (exact) mass is 443 g/mol. The van der Waals surface area contributed by atoms with Crippen LogP contribution >= 0.6 is 0 Å². The van der Waals surface area contributed by atoms with Crippen LogP contribution < -0.4 is 14.9 Å². The van der Waals surface area contributed by atoms with E-state index in [2.05, 4.69) is 58.8 Å². The molecule has 0 amide bonds. The minimum absolute atomic E-state index is 0.261. The van der Waals surface area contributed by atoms with Crippen LogP contribution in [0.15, 0.2) is 52.4 Å². The van der Waals surface area contributed by atoms with Gasteiger partial charge in [-0.2, -0.15) is 0 Å². The number of sulfonamides is 1. The molecule has 1 fully saturated rings. The standard InChI is InChI=1S/C23H33N5O2S/c1-5-25-23(26-17-20-9-11-21(12-10-20)31(29,30)24-4)28-15-13-27(14-16-28)22-8-6-7-18(2)19(22)3/h6-12,24H,5,13-17H2,1-4H3,(H,25,26).